The van der Waals surface area contributed by atoms with Crippen LogP contribution in [0, 0.1) is 0 Å². The van der Waals surface area contributed by atoms with Crippen molar-refractivity contribution in [2.24, 2.45) is 0 Å². The molecule has 2 heterocycles. The first-order valence-corrected chi connectivity index (χ1v) is 5.19. The Hall–Kier alpha value is -0.550. The highest BCUT2D eigenvalue weighted by molar-refractivity contribution is 9.10. The molecule has 1 aromatic heterocycles. The molecule has 2 rings (SSSR count). The first kappa shape index (κ1) is 9.02. The molecule has 0 spiro atoms. The number of nitrogens with two attached hydrogens (primary N) is 1. The number of hydrogen-bond donors (Lipinski definition) is 2. The number of hydrogen-bond acceptors (Lipinski definition) is 4. The van der Waals surface area contributed by atoms with Gasteiger partial charge in [-0.15, -0.1) is 0 Å². The van der Waals surface area contributed by atoms with Crippen LogP contribution < -0.4 is 11.1 Å². The first-order chi connectivity index (χ1) is 6.29. The molecule has 0 aromatic carbocycles. The third-order valence-corrected chi connectivity index (χ3v) is 2.99. The van der Waals surface area contributed by atoms with Gasteiger partial charge >= 0.3 is 0 Å². The van der Waals surface area contributed by atoms with Crippen LogP contribution in [0.15, 0.2) is 9.13 Å². The minimum absolute atomic E-state index is 0.431. The lowest BCUT2D eigenvalue weighted by molar-refractivity contribution is 0.327. The Bertz CT molecular complexity index is 294. The number of rotatable bonds is 1. The van der Waals surface area contributed by atoms with E-state index in [0.717, 1.165) is 31.7 Å². The van der Waals surface area contributed by atoms with Gasteiger partial charge in [0.05, 0.1) is 0 Å². The highest BCUT2D eigenvalue weighted by Gasteiger charge is 2.23. The lowest BCUT2D eigenvalue weighted by Gasteiger charge is -2.20. The zero-order valence-corrected chi connectivity index (χ0v) is 8.80. The summed E-state index contributed by atoms with van der Waals surface area (Å²) in [5, 5.41) is 7.08. The average Bonchev–Trinajstić information content (AvgIpc) is 2.49. The minimum Gasteiger partial charge on any atom is -0.394 e. The maximum absolute atomic E-state index is 5.81. The lowest BCUT2D eigenvalue weighted by Crippen LogP contribution is -2.26. The fraction of sp³-hybridized carbons (Fsp3) is 0.625. The van der Waals surface area contributed by atoms with E-state index in [0.29, 0.717) is 16.2 Å². The number of nitrogens with zero attached hydrogens (tertiary/aromatic N) is 1. The smallest absolute Gasteiger partial charge is 0.172 e. The van der Waals surface area contributed by atoms with Crippen molar-refractivity contribution >= 4 is 21.6 Å². The maximum atomic E-state index is 5.81. The molecule has 1 aliphatic heterocycles. The second-order valence-electron chi connectivity index (χ2n) is 3.28. The summed E-state index contributed by atoms with van der Waals surface area (Å²) >= 11 is 3.24. The van der Waals surface area contributed by atoms with Crippen LogP contribution in [0.25, 0.3) is 0 Å². The molecule has 0 radical (unpaired) electrons. The lowest BCUT2D eigenvalue weighted by atomic mass is 9.95. The quantitative estimate of drug-likeness (QED) is 0.787. The summed E-state index contributed by atoms with van der Waals surface area (Å²) < 4.78 is 5.81. The van der Waals surface area contributed by atoms with Crippen LogP contribution in [0.1, 0.15) is 24.5 Å². The summed E-state index contributed by atoms with van der Waals surface area (Å²) in [7, 11) is 0. The predicted octanol–water partition coefficient (Wildman–Crippen LogP) is 1.49. The molecule has 0 bridgehead atoms. The van der Waals surface area contributed by atoms with Gasteiger partial charge < -0.3 is 15.6 Å². The van der Waals surface area contributed by atoms with E-state index in [2.05, 4.69) is 26.4 Å². The van der Waals surface area contributed by atoms with Crippen molar-refractivity contribution < 1.29 is 4.52 Å². The van der Waals surface area contributed by atoms with Gasteiger partial charge in [0.15, 0.2) is 10.4 Å². The molecule has 5 heteroatoms. The highest BCUT2D eigenvalue weighted by atomic mass is 79.9. The third-order valence-electron chi connectivity index (χ3n) is 2.42. The van der Waals surface area contributed by atoms with E-state index in [9.17, 15) is 0 Å². The molecule has 0 atom stereocenters. The molecule has 13 heavy (non-hydrogen) atoms. The summed E-state index contributed by atoms with van der Waals surface area (Å²) in [5.74, 6) is 1.27. The van der Waals surface area contributed by atoms with Gasteiger partial charge in [-0.3, -0.25) is 0 Å². The maximum Gasteiger partial charge on any atom is 0.172 e. The zero-order chi connectivity index (χ0) is 9.26. The van der Waals surface area contributed by atoms with E-state index in [1.54, 1.807) is 0 Å². The fourth-order valence-corrected chi connectivity index (χ4v) is 1.94. The monoisotopic (exact) mass is 245 g/mol. The van der Waals surface area contributed by atoms with Crippen molar-refractivity contribution in [1.82, 2.24) is 10.5 Å². The molecule has 0 aliphatic carbocycles. The van der Waals surface area contributed by atoms with E-state index in [1.807, 2.05) is 0 Å². The second kappa shape index (κ2) is 3.67. The van der Waals surface area contributed by atoms with Gasteiger partial charge in [-0.1, -0.05) is 5.16 Å². The topological polar surface area (TPSA) is 64.1 Å². The molecule has 1 aliphatic rings. The van der Waals surface area contributed by atoms with Gasteiger partial charge in [0.2, 0.25) is 0 Å². The standard InChI is InChI=1S/C8H12BrN3O/c9-8-6(10)7(13-12-8)5-1-3-11-4-2-5/h5,11H,1-4,10H2. The van der Waals surface area contributed by atoms with Crippen LogP contribution in [0.4, 0.5) is 5.69 Å². The number of piperidine rings is 1. The van der Waals surface area contributed by atoms with Crippen LogP contribution in [0.3, 0.4) is 0 Å². The average molecular weight is 246 g/mol. The third kappa shape index (κ3) is 1.71. The van der Waals surface area contributed by atoms with Crippen LogP contribution in [-0.2, 0) is 0 Å². The minimum atomic E-state index is 0.431. The summed E-state index contributed by atoms with van der Waals surface area (Å²) in [6.07, 6.45) is 2.15. The molecule has 1 fully saturated rings. The van der Waals surface area contributed by atoms with Gasteiger partial charge in [0, 0.05) is 5.92 Å². The molecule has 0 unspecified atom stereocenters. The van der Waals surface area contributed by atoms with Crippen LogP contribution >= 0.6 is 15.9 Å². The Kier molecular flexibility index (Phi) is 2.55. The normalized spacial score (nSPS) is 19.2. The predicted molar refractivity (Wildman–Crippen MR) is 53.5 cm³/mol. The Morgan fingerprint density at radius 2 is 2.15 bits per heavy atom. The first-order valence-electron chi connectivity index (χ1n) is 4.40. The highest BCUT2D eigenvalue weighted by Crippen LogP contribution is 2.33. The molecular formula is C8H12BrN3O. The Labute approximate surface area is 85.0 Å². The summed E-state index contributed by atoms with van der Waals surface area (Å²) in [6.45, 7) is 2.06. The number of halogens is 1. The number of nitrogen functional groups attached to an aromatic ring is 1. The van der Waals surface area contributed by atoms with Crippen LogP contribution in [0.5, 0.6) is 0 Å². The van der Waals surface area contributed by atoms with Gasteiger partial charge in [0.1, 0.15) is 5.69 Å². The van der Waals surface area contributed by atoms with Crippen molar-refractivity contribution in [2.75, 3.05) is 18.8 Å². The molecule has 3 N–H and O–H groups in total. The fourth-order valence-electron chi connectivity index (χ4n) is 1.67. The SMILES string of the molecule is Nc1c(Br)noc1C1CCNCC1. The van der Waals surface area contributed by atoms with Crippen molar-refractivity contribution in [3.63, 3.8) is 0 Å². The Morgan fingerprint density at radius 3 is 2.69 bits per heavy atom. The molecule has 1 aromatic rings. The van der Waals surface area contributed by atoms with Crippen LogP contribution in [0.2, 0.25) is 0 Å². The molecular weight excluding hydrogens is 234 g/mol. The van der Waals surface area contributed by atoms with Gasteiger partial charge in [-0.2, -0.15) is 0 Å². The van der Waals surface area contributed by atoms with Gasteiger partial charge in [-0.05, 0) is 41.9 Å². The zero-order valence-electron chi connectivity index (χ0n) is 7.22. The summed E-state index contributed by atoms with van der Waals surface area (Å²) in [6, 6.07) is 0. The van der Waals surface area contributed by atoms with E-state index in [1.165, 1.54) is 0 Å². The second-order valence-corrected chi connectivity index (χ2v) is 4.03. The molecule has 1 saturated heterocycles. The van der Waals surface area contributed by atoms with Crippen molar-refractivity contribution in [2.45, 2.75) is 18.8 Å². The van der Waals surface area contributed by atoms with E-state index < -0.39 is 0 Å². The number of nitrogens with one attached hydrogen (secondary N) is 1. The Morgan fingerprint density at radius 1 is 1.46 bits per heavy atom. The van der Waals surface area contributed by atoms with Crippen molar-refractivity contribution in [3.05, 3.63) is 10.4 Å². The van der Waals surface area contributed by atoms with E-state index in [4.69, 9.17) is 10.3 Å². The Balaban J connectivity index is 2.18. The van der Waals surface area contributed by atoms with E-state index >= 15 is 0 Å². The van der Waals surface area contributed by atoms with Crippen LogP contribution in [-0.4, -0.2) is 18.2 Å². The summed E-state index contributed by atoms with van der Waals surface area (Å²) in [5.41, 5.74) is 6.47. The largest absolute Gasteiger partial charge is 0.394 e. The van der Waals surface area contributed by atoms with Gasteiger partial charge in [-0.25, -0.2) is 0 Å². The molecule has 0 amide bonds. The van der Waals surface area contributed by atoms with Crippen molar-refractivity contribution in [3.8, 4) is 0 Å². The molecule has 0 saturated carbocycles. The molecule has 72 valence electrons. The number of anilines is 1. The van der Waals surface area contributed by atoms with Gasteiger partial charge in [0.25, 0.3) is 0 Å². The van der Waals surface area contributed by atoms with Crippen molar-refractivity contribution in [1.29, 1.82) is 0 Å². The summed E-state index contributed by atoms with van der Waals surface area (Å²) in [4.78, 5) is 0. The van der Waals surface area contributed by atoms with E-state index in [-0.39, 0.29) is 0 Å². The molecule has 4 nitrogen and oxygen atoms in total. The number of aromatic nitrogens is 1.